The highest BCUT2D eigenvalue weighted by molar-refractivity contribution is 6.20. The summed E-state index contributed by atoms with van der Waals surface area (Å²) < 4.78 is 40.9. The van der Waals surface area contributed by atoms with E-state index in [1.54, 1.807) is 6.07 Å². The van der Waals surface area contributed by atoms with E-state index < -0.39 is 6.85 Å². The summed E-state index contributed by atoms with van der Waals surface area (Å²) in [5.41, 5.74) is 11.4. The van der Waals surface area contributed by atoms with Crippen LogP contribution < -0.4 is 0 Å². The first kappa shape index (κ1) is 27.6. The van der Waals surface area contributed by atoms with Crippen molar-refractivity contribution in [1.82, 2.24) is 9.55 Å². The Kier molecular flexibility index (Phi) is 6.07. The topological polar surface area (TPSA) is 44.1 Å². The third-order valence-corrected chi connectivity index (χ3v) is 10.6. The van der Waals surface area contributed by atoms with Crippen LogP contribution in [0.15, 0.2) is 136 Å². The number of fused-ring (bicyclic) bond motifs is 9. The Hall–Kier alpha value is -6.13. The number of para-hydroxylation sites is 2. The third-order valence-electron chi connectivity index (χ3n) is 10.6. The van der Waals surface area contributed by atoms with Crippen LogP contribution in [0.5, 0.6) is 0 Å². The Morgan fingerprint density at radius 2 is 1.25 bits per heavy atom. The van der Waals surface area contributed by atoms with Crippen molar-refractivity contribution in [2.75, 3.05) is 0 Å². The first-order valence-corrected chi connectivity index (χ1v) is 18.0. The molecule has 0 unspecified atom stereocenters. The monoisotopic (exact) mass is 677 g/mol. The quantitative estimate of drug-likeness (QED) is 0.182. The van der Waals surface area contributed by atoms with Gasteiger partial charge in [-0.2, -0.15) is 0 Å². The highest BCUT2D eigenvalue weighted by Gasteiger charge is 2.26. The second-order valence-electron chi connectivity index (χ2n) is 14.5. The Morgan fingerprint density at radius 3 is 2.02 bits per heavy atom. The Labute approximate surface area is 306 Å². The summed E-state index contributed by atoms with van der Waals surface area (Å²) in [5, 5.41) is 5.52. The van der Waals surface area contributed by atoms with Gasteiger partial charge in [0.1, 0.15) is 17.0 Å². The van der Waals surface area contributed by atoms with Crippen LogP contribution in [-0.4, -0.2) is 9.55 Å². The largest absolute Gasteiger partial charge is 0.452 e. The normalized spacial score (nSPS) is 13.4. The molecule has 10 rings (SSSR count). The molecule has 0 saturated heterocycles. The van der Waals surface area contributed by atoms with Crippen LogP contribution in [0.25, 0.3) is 93.9 Å². The van der Waals surface area contributed by atoms with Gasteiger partial charge < -0.3 is 8.83 Å². The van der Waals surface area contributed by atoms with Crippen LogP contribution in [0.4, 0.5) is 0 Å². The molecule has 0 atom stereocenters. The number of benzene rings is 7. The van der Waals surface area contributed by atoms with E-state index in [0.29, 0.717) is 22.1 Å². The van der Waals surface area contributed by atoms with E-state index in [9.17, 15) is 0 Å². The highest BCUT2D eigenvalue weighted by atomic mass is 16.4. The number of hydrogen-bond acceptors (Lipinski definition) is 3. The lowest BCUT2D eigenvalue weighted by atomic mass is 9.88. The van der Waals surface area contributed by atoms with Gasteiger partial charge in [0.2, 0.25) is 0 Å². The van der Waals surface area contributed by atoms with Gasteiger partial charge in [-0.15, -0.1) is 0 Å². The molecule has 0 radical (unpaired) electrons. The molecule has 0 saturated carbocycles. The van der Waals surface area contributed by atoms with Crippen molar-refractivity contribution in [3.05, 3.63) is 144 Å². The zero-order chi connectivity index (χ0) is 37.7. The minimum atomic E-state index is -2.29. The molecule has 0 N–H and O–H groups in total. The van der Waals surface area contributed by atoms with E-state index in [4.69, 9.17) is 17.9 Å². The van der Waals surface area contributed by atoms with E-state index in [2.05, 4.69) is 105 Å². The molecular weight excluding hydrogens is 637 g/mol. The molecule has 3 heterocycles. The Balaban J connectivity index is 1.34. The third kappa shape index (κ3) is 4.50. The summed E-state index contributed by atoms with van der Waals surface area (Å²) in [4.78, 5) is 5.44. The summed E-state index contributed by atoms with van der Waals surface area (Å²) in [7, 11) is 0. The van der Waals surface area contributed by atoms with Gasteiger partial charge in [-0.05, 0) is 106 Å². The van der Waals surface area contributed by atoms with Crippen LogP contribution in [0.2, 0.25) is 0 Å². The van der Waals surface area contributed by atoms with Gasteiger partial charge in [0, 0.05) is 25.7 Å². The SMILES string of the molecule is [2H]C([2H])([2H])c1cccc2cc3nc(-c4cccc5c4oc4c5ccc5c6ccccc6oc54)n(-c4c(C(C)C)cc(-c5ccccc5)cc4C(C)C)c3cc12. The van der Waals surface area contributed by atoms with E-state index >= 15 is 0 Å². The van der Waals surface area contributed by atoms with Gasteiger partial charge in [-0.25, -0.2) is 4.98 Å². The van der Waals surface area contributed by atoms with E-state index in [0.717, 1.165) is 77.3 Å². The van der Waals surface area contributed by atoms with Crippen molar-refractivity contribution in [2.24, 2.45) is 0 Å². The number of nitrogens with zero attached hydrogens (tertiary/aromatic N) is 2. The lowest BCUT2D eigenvalue weighted by Gasteiger charge is -2.24. The predicted octanol–water partition coefficient (Wildman–Crippen LogP) is 13.9. The van der Waals surface area contributed by atoms with Gasteiger partial charge in [-0.1, -0.05) is 107 Å². The molecule has 0 amide bonds. The molecule has 0 aliphatic rings. The highest BCUT2D eigenvalue weighted by Crippen LogP contribution is 2.45. The van der Waals surface area contributed by atoms with Crippen molar-refractivity contribution in [1.29, 1.82) is 0 Å². The molecule has 0 bridgehead atoms. The van der Waals surface area contributed by atoms with E-state index in [1.165, 1.54) is 11.1 Å². The van der Waals surface area contributed by atoms with Crippen LogP contribution >= 0.6 is 0 Å². The van der Waals surface area contributed by atoms with Gasteiger partial charge in [0.15, 0.2) is 11.2 Å². The molecule has 252 valence electrons. The number of rotatable bonds is 5. The van der Waals surface area contributed by atoms with Crippen LogP contribution in [0, 0.1) is 6.85 Å². The van der Waals surface area contributed by atoms with Crippen LogP contribution in [-0.2, 0) is 0 Å². The molecule has 0 spiro atoms. The molecule has 52 heavy (non-hydrogen) atoms. The molecule has 4 nitrogen and oxygen atoms in total. The number of furan rings is 2. The molecule has 4 heteroatoms. The fraction of sp³-hybridized carbons (Fsp3) is 0.146. The van der Waals surface area contributed by atoms with Crippen molar-refractivity contribution >= 4 is 65.7 Å². The first-order chi connectivity index (χ1) is 26.6. The van der Waals surface area contributed by atoms with Crippen molar-refractivity contribution in [3.8, 4) is 28.2 Å². The number of hydrogen-bond donors (Lipinski definition) is 0. The average Bonchev–Trinajstić information content (AvgIpc) is 3.87. The van der Waals surface area contributed by atoms with Crippen LogP contribution in [0.3, 0.4) is 0 Å². The van der Waals surface area contributed by atoms with Crippen molar-refractivity contribution in [3.63, 3.8) is 0 Å². The predicted molar refractivity (Wildman–Crippen MR) is 217 cm³/mol. The summed E-state index contributed by atoms with van der Waals surface area (Å²) in [6.45, 7) is 6.65. The zero-order valence-corrected chi connectivity index (χ0v) is 29.5. The molecule has 10 aromatic rings. The second kappa shape index (κ2) is 11.4. The van der Waals surface area contributed by atoms with Crippen molar-refractivity contribution in [2.45, 2.75) is 46.4 Å². The maximum Gasteiger partial charge on any atom is 0.178 e. The molecule has 7 aromatic carbocycles. The lowest BCUT2D eigenvalue weighted by molar-refractivity contribution is 0.633. The summed E-state index contributed by atoms with van der Waals surface area (Å²) in [6, 6.07) is 43.2. The lowest BCUT2D eigenvalue weighted by Crippen LogP contribution is -2.09. The fourth-order valence-corrected chi connectivity index (χ4v) is 8.09. The maximum atomic E-state index is 8.43. The first-order valence-electron chi connectivity index (χ1n) is 19.5. The minimum absolute atomic E-state index is 0.156. The fourth-order valence-electron chi connectivity index (χ4n) is 8.09. The summed E-state index contributed by atoms with van der Waals surface area (Å²) in [6.07, 6.45) is 0. The molecule has 3 aromatic heterocycles. The summed E-state index contributed by atoms with van der Waals surface area (Å²) >= 11 is 0. The molecule has 0 fully saturated rings. The second-order valence-corrected chi connectivity index (χ2v) is 14.5. The van der Waals surface area contributed by atoms with Gasteiger partial charge in [0.25, 0.3) is 0 Å². The zero-order valence-electron chi connectivity index (χ0n) is 32.5. The summed E-state index contributed by atoms with van der Waals surface area (Å²) in [5.74, 6) is 1.04. The smallest absolute Gasteiger partial charge is 0.178 e. The standard InChI is InChI=1S/C48H38N2O2/c1-27(2)38-23-32(30-14-7-6-8-15-30)24-39(28(3)4)44(38)50-42-26-40-29(5)13-11-16-31(40)25-41(42)49-48(50)37-19-12-18-34-36-22-21-35-33-17-9-10-20-43(33)51-46(35)47(36)52-45(34)37/h6-28H,1-5H3/i5D3. The number of aryl methyl sites for hydroxylation is 1. The minimum Gasteiger partial charge on any atom is -0.452 e. The molecule has 0 aliphatic heterocycles. The van der Waals surface area contributed by atoms with E-state index in [-0.39, 0.29) is 11.8 Å². The maximum absolute atomic E-state index is 8.43. The Bertz CT molecular complexity index is 3120. The number of aromatic nitrogens is 2. The molecule has 0 aliphatic carbocycles. The van der Waals surface area contributed by atoms with E-state index in [1.807, 2.05) is 48.5 Å². The van der Waals surface area contributed by atoms with Gasteiger partial charge >= 0.3 is 0 Å². The van der Waals surface area contributed by atoms with Crippen molar-refractivity contribution < 1.29 is 12.9 Å². The average molecular weight is 678 g/mol. The van der Waals surface area contributed by atoms with Gasteiger partial charge in [-0.3, -0.25) is 4.57 Å². The number of imidazole rings is 1. The van der Waals surface area contributed by atoms with Crippen LogP contribution in [0.1, 0.15) is 60.3 Å². The Morgan fingerprint density at radius 1 is 0.577 bits per heavy atom. The van der Waals surface area contributed by atoms with Gasteiger partial charge in [0.05, 0.1) is 22.3 Å². The molecular formula is C48H38N2O2.